The van der Waals surface area contributed by atoms with E-state index in [0.717, 1.165) is 58.1 Å². The van der Waals surface area contributed by atoms with Crippen molar-refractivity contribution < 1.29 is 18.3 Å². The van der Waals surface area contributed by atoms with Gasteiger partial charge < -0.3 is 19.7 Å². The number of ether oxygens (including phenoxy) is 2. The van der Waals surface area contributed by atoms with E-state index < -0.39 is 11.6 Å². The van der Waals surface area contributed by atoms with Gasteiger partial charge in [-0.2, -0.15) is 0 Å². The summed E-state index contributed by atoms with van der Waals surface area (Å²) in [6.45, 7) is 6.26. The van der Waals surface area contributed by atoms with E-state index in [0.29, 0.717) is 6.54 Å². The van der Waals surface area contributed by atoms with Crippen molar-refractivity contribution in [2.45, 2.75) is 38.7 Å². The number of hydrogen-bond donors (Lipinski definition) is 1. The molecule has 152 valence electrons. The summed E-state index contributed by atoms with van der Waals surface area (Å²) in [4.78, 5) is 6.76. The van der Waals surface area contributed by atoms with Crippen LogP contribution in [0.25, 0.3) is 0 Å². The fourth-order valence-corrected chi connectivity index (χ4v) is 3.16. The molecule has 0 amide bonds. The van der Waals surface area contributed by atoms with Crippen molar-refractivity contribution in [2.24, 2.45) is 4.99 Å². The lowest BCUT2D eigenvalue weighted by atomic mass is 10.1. The smallest absolute Gasteiger partial charge is 0.193 e. The van der Waals surface area contributed by atoms with E-state index in [9.17, 15) is 8.78 Å². The number of piperidine rings is 1. The molecule has 1 aliphatic heterocycles. The van der Waals surface area contributed by atoms with Crippen LogP contribution in [0.15, 0.2) is 23.2 Å². The highest BCUT2D eigenvalue weighted by atomic mass is 19.1. The second-order valence-corrected chi connectivity index (χ2v) is 6.59. The fraction of sp³-hybridized carbons (Fsp3) is 0.650. The van der Waals surface area contributed by atoms with Crippen LogP contribution < -0.4 is 5.32 Å². The third kappa shape index (κ3) is 7.07. The van der Waals surface area contributed by atoms with Crippen LogP contribution >= 0.6 is 0 Å². The van der Waals surface area contributed by atoms with Crippen LogP contribution in [-0.2, 0) is 15.9 Å². The van der Waals surface area contributed by atoms with Crippen molar-refractivity contribution in [1.29, 1.82) is 0 Å². The van der Waals surface area contributed by atoms with Crippen LogP contribution in [0.1, 0.15) is 31.7 Å². The fourth-order valence-electron chi connectivity index (χ4n) is 3.16. The van der Waals surface area contributed by atoms with Gasteiger partial charge in [-0.1, -0.05) is 6.07 Å². The number of likely N-dealkylation sites (tertiary alicyclic amines) is 1. The highest BCUT2D eigenvalue weighted by Gasteiger charge is 2.21. The number of halogens is 2. The van der Waals surface area contributed by atoms with Gasteiger partial charge in [-0.05, 0) is 44.7 Å². The third-order valence-electron chi connectivity index (χ3n) is 4.61. The van der Waals surface area contributed by atoms with E-state index >= 15 is 0 Å². The normalized spacial score (nSPS) is 16.0. The molecule has 1 heterocycles. The van der Waals surface area contributed by atoms with Gasteiger partial charge in [0.2, 0.25) is 0 Å². The Morgan fingerprint density at radius 1 is 1.22 bits per heavy atom. The molecule has 7 heteroatoms. The van der Waals surface area contributed by atoms with E-state index in [4.69, 9.17) is 9.47 Å². The van der Waals surface area contributed by atoms with E-state index in [1.54, 1.807) is 7.11 Å². The van der Waals surface area contributed by atoms with Crippen LogP contribution in [0.5, 0.6) is 0 Å². The van der Waals surface area contributed by atoms with Crippen LogP contribution in [0.4, 0.5) is 8.78 Å². The summed E-state index contributed by atoms with van der Waals surface area (Å²) in [6.07, 6.45) is 3.31. The Kier molecular flexibility index (Phi) is 9.48. The average Bonchev–Trinajstić information content (AvgIpc) is 2.67. The van der Waals surface area contributed by atoms with Crippen LogP contribution in [0.2, 0.25) is 0 Å². The zero-order valence-electron chi connectivity index (χ0n) is 16.3. The largest absolute Gasteiger partial charge is 0.385 e. The van der Waals surface area contributed by atoms with Crippen molar-refractivity contribution in [2.75, 3.05) is 46.5 Å². The lowest BCUT2D eigenvalue weighted by Gasteiger charge is -2.34. The summed E-state index contributed by atoms with van der Waals surface area (Å²) in [5.41, 5.74) is 0.0975. The summed E-state index contributed by atoms with van der Waals surface area (Å²) in [7, 11) is 1.70. The first-order valence-corrected chi connectivity index (χ1v) is 9.72. The third-order valence-corrected chi connectivity index (χ3v) is 4.61. The van der Waals surface area contributed by atoms with Crippen molar-refractivity contribution in [3.8, 4) is 0 Å². The van der Waals surface area contributed by atoms with Gasteiger partial charge in [-0.15, -0.1) is 0 Å². The van der Waals surface area contributed by atoms with Crippen LogP contribution in [0.3, 0.4) is 0 Å². The number of benzene rings is 1. The second-order valence-electron chi connectivity index (χ2n) is 6.59. The van der Waals surface area contributed by atoms with Gasteiger partial charge in [0.1, 0.15) is 11.6 Å². The van der Waals surface area contributed by atoms with E-state index in [2.05, 4.69) is 15.2 Å². The molecule has 1 fully saturated rings. The summed E-state index contributed by atoms with van der Waals surface area (Å²) in [5, 5.41) is 3.27. The van der Waals surface area contributed by atoms with E-state index in [-0.39, 0.29) is 18.1 Å². The summed E-state index contributed by atoms with van der Waals surface area (Å²) < 4.78 is 38.4. The molecule has 0 saturated carbocycles. The van der Waals surface area contributed by atoms with Crippen LogP contribution in [0, 0.1) is 11.6 Å². The first kappa shape index (κ1) is 21.6. The van der Waals surface area contributed by atoms with Gasteiger partial charge >= 0.3 is 0 Å². The van der Waals surface area contributed by atoms with Gasteiger partial charge in [-0.3, -0.25) is 4.99 Å². The minimum Gasteiger partial charge on any atom is -0.385 e. The lowest BCUT2D eigenvalue weighted by Crippen LogP contribution is -2.47. The number of hydrogen-bond acceptors (Lipinski definition) is 3. The van der Waals surface area contributed by atoms with Gasteiger partial charge in [0.15, 0.2) is 5.96 Å². The summed E-state index contributed by atoms with van der Waals surface area (Å²) in [6, 6.07) is 3.94. The van der Waals surface area contributed by atoms with Gasteiger partial charge in [0, 0.05) is 52.1 Å². The summed E-state index contributed by atoms with van der Waals surface area (Å²) in [5.74, 6) is -0.227. The Morgan fingerprint density at radius 3 is 2.56 bits per heavy atom. The maximum atomic E-state index is 13.7. The second kappa shape index (κ2) is 11.9. The Labute approximate surface area is 160 Å². The molecule has 0 radical (unpaired) electrons. The number of nitrogens with one attached hydrogen (secondary N) is 1. The molecule has 2 rings (SSSR count). The minimum absolute atomic E-state index is 0.0975. The Balaban J connectivity index is 1.83. The molecule has 1 aromatic rings. The van der Waals surface area contributed by atoms with Crippen molar-refractivity contribution >= 4 is 5.96 Å². The highest BCUT2D eigenvalue weighted by molar-refractivity contribution is 5.80. The molecule has 0 unspecified atom stereocenters. The lowest BCUT2D eigenvalue weighted by molar-refractivity contribution is 0.00991. The van der Waals surface area contributed by atoms with Crippen molar-refractivity contribution in [3.63, 3.8) is 0 Å². The maximum Gasteiger partial charge on any atom is 0.193 e. The molecule has 1 aliphatic rings. The predicted molar refractivity (Wildman–Crippen MR) is 103 cm³/mol. The molecular weight excluding hydrogens is 352 g/mol. The van der Waals surface area contributed by atoms with Crippen molar-refractivity contribution in [1.82, 2.24) is 10.2 Å². The van der Waals surface area contributed by atoms with Crippen molar-refractivity contribution in [3.05, 3.63) is 35.4 Å². The number of guanidine groups is 1. The topological polar surface area (TPSA) is 46.1 Å². The molecule has 27 heavy (non-hydrogen) atoms. The highest BCUT2D eigenvalue weighted by Crippen LogP contribution is 2.15. The zero-order chi connectivity index (χ0) is 19.5. The number of aliphatic imine (C=N–C) groups is 1. The molecule has 1 saturated heterocycles. The molecule has 0 spiro atoms. The quantitative estimate of drug-likeness (QED) is 0.405. The maximum absolute atomic E-state index is 13.7. The van der Waals surface area contributed by atoms with Gasteiger partial charge in [-0.25, -0.2) is 8.78 Å². The predicted octanol–water partition coefficient (Wildman–Crippen LogP) is 2.99. The molecule has 1 aromatic carbocycles. The summed E-state index contributed by atoms with van der Waals surface area (Å²) >= 11 is 0. The minimum atomic E-state index is -0.512. The molecule has 1 N–H and O–H groups in total. The Hall–Kier alpha value is -1.73. The van der Waals surface area contributed by atoms with E-state index in [1.165, 1.54) is 18.2 Å². The first-order valence-electron chi connectivity index (χ1n) is 9.72. The van der Waals surface area contributed by atoms with Crippen LogP contribution in [-0.4, -0.2) is 63.5 Å². The van der Waals surface area contributed by atoms with Gasteiger partial charge in [0.05, 0.1) is 6.10 Å². The molecule has 5 nitrogen and oxygen atoms in total. The van der Waals surface area contributed by atoms with E-state index in [1.807, 2.05) is 6.92 Å². The molecule has 0 atom stereocenters. The monoisotopic (exact) mass is 383 g/mol. The molecule has 0 aromatic heterocycles. The Morgan fingerprint density at radius 2 is 1.93 bits per heavy atom. The number of nitrogens with zero attached hydrogens (tertiary/aromatic N) is 2. The number of methoxy groups -OCH3 is 1. The average molecular weight is 383 g/mol. The molecule has 0 bridgehead atoms. The number of rotatable bonds is 9. The Bertz CT molecular complexity index is 570. The molecule has 0 aliphatic carbocycles. The SMILES string of the molecule is CCNC(=NCCc1c(F)cccc1F)N1CCC(OCCCOC)CC1. The molecular formula is C20H31F2N3O2. The van der Waals surface area contributed by atoms with Gasteiger partial charge in [0.25, 0.3) is 0 Å². The zero-order valence-corrected chi connectivity index (χ0v) is 16.3. The first-order chi connectivity index (χ1) is 13.2. The standard InChI is InChI=1S/C20H31F2N3O2/c1-3-23-20(24-11-8-17-18(21)6-4-7-19(17)22)25-12-9-16(10-13-25)27-15-5-14-26-2/h4,6-7,16H,3,5,8-15H2,1-2H3,(H,23,24).